The maximum atomic E-state index is 10.4. The average Bonchev–Trinajstić information content (AvgIpc) is 2.35. The minimum atomic E-state index is -1.26. The predicted molar refractivity (Wildman–Crippen MR) is 71.6 cm³/mol. The number of carboxylic acid groups (broad SMARTS) is 1. The van der Waals surface area contributed by atoms with Gasteiger partial charge >= 0.3 is 6.16 Å². The zero-order valence-corrected chi connectivity index (χ0v) is 10.0. The third kappa shape index (κ3) is 2.88. The molecular weight excluding hydrogens is 228 g/mol. The lowest BCUT2D eigenvalue weighted by Crippen LogP contribution is -2.09. The Bertz CT molecular complexity index is 582. The Morgan fingerprint density at radius 1 is 1.22 bits per heavy atom. The van der Waals surface area contributed by atoms with E-state index in [1.165, 1.54) is 0 Å². The second-order valence-electron chi connectivity index (χ2n) is 4.02. The van der Waals surface area contributed by atoms with E-state index in [9.17, 15) is 4.79 Å². The molecular formula is C15H14O3. The summed E-state index contributed by atoms with van der Waals surface area (Å²) < 4.78 is 4.61. The van der Waals surface area contributed by atoms with Crippen molar-refractivity contribution in [3.8, 4) is 0 Å². The summed E-state index contributed by atoms with van der Waals surface area (Å²) in [5, 5.41) is 10.8. The molecule has 0 aliphatic rings. The highest BCUT2D eigenvalue weighted by Crippen LogP contribution is 2.19. The van der Waals surface area contributed by atoms with Crippen molar-refractivity contribution in [3.63, 3.8) is 0 Å². The molecule has 92 valence electrons. The van der Waals surface area contributed by atoms with Crippen molar-refractivity contribution in [2.45, 2.75) is 13.0 Å². The first-order chi connectivity index (χ1) is 8.66. The van der Waals surface area contributed by atoms with Gasteiger partial charge in [-0.15, -0.1) is 0 Å². The zero-order valence-electron chi connectivity index (χ0n) is 10.0. The Hall–Kier alpha value is -2.29. The molecule has 0 saturated carbocycles. The summed E-state index contributed by atoms with van der Waals surface area (Å²) in [6.45, 7) is 1.69. The highest BCUT2D eigenvalue weighted by atomic mass is 16.7. The zero-order chi connectivity index (χ0) is 13.0. The van der Waals surface area contributed by atoms with Crippen LogP contribution in [0, 0.1) is 0 Å². The second-order valence-corrected chi connectivity index (χ2v) is 4.02. The molecule has 2 aromatic carbocycles. The number of ether oxygens (including phenoxy) is 1. The van der Waals surface area contributed by atoms with Crippen LogP contribution < -0.4 is 0 Å². The molecule has 1 unspecified atom stereocenters. The lowest BCUT2D eigenvalue weighted by atomic mass is 10.0. The monoisotopic (exact) mass is 242 g/mol. The van der Waals surface area contributed by atoms with Crippen LogP contribution in [-0.2, 0) is 4.74 Å². The van der Waals surface area contributed by atoms with E-state index < -0.39 is 12.3 Å². The number of hydrogen-bond acceptors (Lipinski definition) is 2. The Labute approximate surface area is 105 Å². The standard InChI is InChI=1S/C15H14O3/c1-11(18-15(16)17)9-10-13-7-4-6-12-5-2-3-8-14(12)13/h2-11H,1H3,(H,16,17). The molecule has 2 rings (SSSR count). The summed E-state index contributed by atoms with van der Waals surface area (Å²) in [5.74, 6) is 0. The van der Waals surface area contributed by atoms with E-state index in [1.807, 2.05) is 48.5 Å². The van der Waals surface area contributed by atoms with E-state index in [-0.39, 0.29) is 0 Å². The van der Waals surface area contributed by atoms with Crippen molar-refractivity contribution < 1.29 is 14.6 Å². The number of rotatable bonds is 3. The number of hydrogen-bond donors (Lipinski definition) is 1. The van der Waals surface area contributed by atoms with Crippen molar-refractivity contribution in [2.75, 3.05) is 0 Å². The Kier molecular flexibility index (Phi) is 3.63. The van der Waals surface area contributed by atoms with Crippen LogP contribution in [0.15, 0.2) is 48.5 Å². The van der Waals surface area contributed by atoms with Crippen molar-refractivity contribution in [1.82, 2.24) is 0 Å². The smallest absolute Gasteiger partial charge is 0.450 e. The van der Waals surface area contributed by atoms with Gasteiger partial charge in [-0.25, -0.2) is 4.79 Å². The topological polar surface area (TPSA) is 46.5 Å². The minimum absolute atomic E-state index is 0.457. The first-order valence-electron chi connectivity index (χ1n) is 5.72. The summed E-state index contributed by atoms with van der Waals surface area (Å²) in [4.78, 5) is 10.4. The summed E-state index contributed by atoms with van der Waals surface area (Å²) in [7, 11) is 0. The molecule has 0 saturated heterocycles. The van der Waals surface area contributed by atoms with Crippen molar-refractivity contribution in [3.05, 3.63) is 54.1 Å². The average molecular weight is 242 g/mol. The molecule has 0 aliphatic carbocycles. The molecule has 0 aliphatic heterocycles. The van der Waals surface area contributed by atoms with E-state index in [4.69, 9.17) is 5.11 Å². The third-order valence-electron chi connectivity index (χ3n) is 2.66. The van der Waals surface area contributed by atoms with Gasteiger partial charge in [0.1, 0.15) is 6.10 Å². The van der Waals surface area contributed by atoms with Gasteiger partial charge in [0.2, 0.25) is 0 Å². The van der Waals surface area contributed by atoms with Crippen LogP contribution in [-0.4, -0.2) is 17.4 Å². The van der Waals surface area contributed by atoms with Gasteiger partial charge < -0.3 is 9.84 Å². The van der Waals surface area contributed by atoms with Crippen LogP contribution in [0.1, 0.15) is 12.5 Å². The molecule has 0 radical (unpaired) electrons. The van der Waals surface area contributed by atoms with Gasteiger partial charge in [0, 0.05) is 0 Å². The molecule has 0 amide bonds. The van der Waals surface area contributed by atoms with Crippen LogP contribution in [0.4, 0.5) is 4.79 Å². The molecule has 0 spiro atoms. The lowest BCUT2D eigenvalue weighted by molar-refractivity contribution is 0.0755. The summed E-state index contributed by atoms with van der Waals surface area (Å²) in [6.07, 6.45) is 1.90. The molecule has 2 aromatic rings. The summed E-state index contributed by atoms with van der Waals surface area (Å²) >= 11 is 0. The van der Waals surface area contributed by atoms with Gasteiger partial charge in [-0.05, 0) is 29.3 Å². The predicted octanol–water partition coefficient (Wildman–Crippen LogP) is 3.94. The first-order valence-corrected chi connectivity index (χ1v) is 5.72. The maximum absolute atomic E-state index is 10.4. The molecule has 0 bridgehead atoms. The van der Waals surface area contributed by atoms with Gasteiger partial charge in [0.15, 0.2) is 0 Å². The van der Waals surface area contributed by atoms with Crippen LogP contribution in [0.25, 0.3) is 16.8 Å². The van der Waals surface area contributed by atoms with E-state index in [1.54, 1.807) is 13.0 Å². The Morgan fingerprint density at radius 3 is 2.72 bits per heavy atom. The van der Waals surface area contributed by atoms with E-state index in [0.29, 0.717) is 0 Å². The van der Waals surface area contributed by atoms with Crippen LogP contribution in [0.2, 0.25) is 0 Å². The van der Waals surface area contributed by atoms with E-state index >= 15 is 0 Å². The fourth-order valence-corrected chi connectivity index (χ4v) is 1.83. The van der Waals surface area contributed by atoms with Gasteiger partial charge in [-0.1, -0.05) is 48.5 Å². The van der Waals surface area contributed by atoms with Crippen LogP contribution >= 0.6 is 0 Å². The highest BCUT2D eigenvalue weighted by molar-refractivity contribution is 5.90. The third-order valence-corrected chi connectivity index (χ3v) is 2.66. The fraction of sp³-hybridized carbons (Fsp3) is 0.133. The molecule has 3 nitrogen and oxygen atoms in total. The van der Waals surface area contributed by atoms with E-state index in [2.05, 4.69) is 4.74 Å². The maximum Gasteiger partial charge on any atom is 0.506 e. The summed E-state index contributed by atoms with van der Waals surface area (Å²) in [5.41, 5.74) is 1.05. The van der Waals surface area contributed by atoms with E-state index in [0.717, 1.165) is 16.3 Å². The minimum Gasteiger partial charge on any atom is -0.450 e. The van der Waals surface area contributed by atoms with Crippen molar-refractivity contribution in [1.29, 1.82) is 0 Å². The molecule has 18 heavy (non-hydrogen) atoms. The first kappa shape index (κ1) is 12.2. The number of benzene rings is 2. The fourth-order valence-electron chi connectivity index (χ4n) is 1.83. The Morgan fingerprint density at radius 2 is 1.94 bits per heavy atom. The van der Waals surface area contributed by atoms with Gasteiger partial charge in [-0.2, -0.15) is 0 Å². The molecule has 0 aromatic heterocycles. The van der Waals surface area contributed by atoms with Gasteiger partial charge in [-0.3, -0.25) is 0 Å². The largest absolute Gasteiger partial charge is 0.506 e. The lowest BCUT2D eigenvalue weighted by Gasteiger charge is -2.05. The molecule has 0 heterocycles. The molecule has 1 N–H and O–H groups in total. The number of fused-ring (bicyclic) bond motifs is 1. The van der Waals surface area contributed by atoms with Gasteiger partial charge in [0.25, 0.3) is 0 Å². The highest BCUT2D eigenvalue weighted by Gasteiger charge is 2.03. The Balaban J connectivity index is 2.26. The normalized spacial score (nSPS) is 12.7. The molecule has 1 atom stereocenters. The SMILES string of the molecule is CC(C=Cc1cccc2ccccc12)OC(=O)O. The quantitative estimate of drug-likeness (QED) is 0.829. The molecule has 0 fully saturated rings. The molecule has 3 heteroatoms. The van der Waals surface area contributed by atoms with Crippen molar-refractivity contribution >= 4 is 23.0 Å². The number of carbonyl (C=O) groups is 1. The van der Waals surface area contributed by atoms with Crippen LogP contribution in [0.3, 0.4) is 0 Å². The van der Waals surface area contributed by atoms with Gasteiger partial charge in [0.05, 0.1) is 0 Å². The van der Waals surface area contributed by atoms with Crippen molar-refractivity contribution in [2.24, 2.45) is 0 Å². The second kappa shape index (κ2) is 5.36. The van der Waals surface area contributed by atoms with Crippen LogP contribution in [0.5, 0.6) is 0 Å². The summed E-state index contributed by atoms with van der Waals surface area (Å²) in [6, 6.07) is 14.1.